The van der Waals surface area contributed by atoms with Crippen LogP contribution in [0.2, 0.25) is 5.02 Å². The molecular weight excluding hydrogens is 464 g/mol. The summed E-state index contributed by atoms with van der Waals surface area (Å²) in [5.74, 6) is -1.22. The lowest BCUT2D eigenvalue weighted by molar-refractivity contribution is 0.0696. The number of benzene rings is 3. The number of amides is 1. The number of nitrogens with one attached hydrogen (secondary N) is 1. The van der Waals surface area contributed by atoms with Crippen LogP contribution >= 0.6 is 11.6 Å². The first kappa shape index (κ1) is 22.7. The maximum atomic E-state index is 13.6. The van der Waals surface area contributed by atoms with E-state index in [0.29, 0.717) is 17.1 Å². The van der Waals surface area contributed by atoms with Gasteiger partial charge in [0.1, 0.15) is 0 Å². The molecule has 35 heavy (non-hydrogen) atoms. The van der Waals surface area contributed by atoms with E-state index in [1.54, 1.807) is 16.8 Å². The number of hydrogen-bond donors (Lipinski definition) is 2. The summed E-state index contributed by atoms with van der Waals surface area (Å²) in [5, 5.41) is 19.3. The van der Waals surface area contributed by atoms with E-state index in [0.717, 1.165) is 32.9 Å². The van der Waals surface area contributed by atoms with Crippen molar-refractivity contribution in [3.63, 3.8) is 0 Å². The van der Waals surface area contributed by atoms with Crippen molar-refractivity contribution in [2.75, 3.05) is 0 Å². The van der Waals surface area contributed by atoms with E-state index in [2.05, 4.69) is 15.0 Å². The van der Waals surface area contributed by atoms with E-state index in [1.165, 1.54) is 12.1 Å². The number of carbonyl (C=O) groups excluding carboxylic acids is 1. The molecule has 2 N–H and O–H groups in total. The van der Waals surface area contributed by atoms with Gasteiger partial charge in [0.2, 0.25) is 0 Å². The molecule has 3 aromatic carbocycles. The van der Waals surface area contributed by atoms with E-state index >= 15 is 0 Å². The van der Waals surface area contributed by atoms with Crippen LogP contribution < -0.4 is 5.32 Å². The third kappa shape index (κ3) is 4.38. The molecule has 0 spiro atoms. The highest BCUT2D eigenvalue weighted by Gasteiger charge is 2.20. The first-order valence-electron chi connectivity index (χ1n) is 11.1. The number of carboxylic acids is 1. The molecule has 0 saturated heterocycles. The Morgan fingerprint density at radius 2 is 1.86 bits per heavy atom. The van der Waals surface area contributed by atoms with E-state index in [1.807, 2.05) is 62.8 Å². The van der Waals surface area contributed by atoms with Gasteiger partial charge in [0.05, 0.1) is 28.2 Å². The van der Waals surface area contributed by atoms with Crippen LogP contribution in [0.1, 0.15) is 44.8 Å². The average molecular weight is 487 g/mol. The van der Waals surface area contributed by atoms with Crippen LogP contribution in [-0.2, 0) is 13.6 Å². The molecule has 0 radical (unpaired) electrons. The molecule has 7 nitrogen and oxygen atoms in total. The van der Waals surface area contributed by atoms with Crippen LogP contribution in [0.15, 0.2) is 73.1 Å². The fourth-order valence-electron chi connectivity index (χ4n) is 4.42. The van der Waals surface area contributed by atoms with Gasteiger partial charge in [-0.15, -0.1) is 0 Å². The molecule has 2 heterocycles. The molecule has 1 atom stereocenters. The first-order chi connectivity index (χ1) is 16.8. The zero-order valence-corrected chi connectivity index (χ0v) is 20.0. The van der Waals surface area contributed by atoms with Gasteiger partial charge in [0, 0.05) is 41.8 Å². The van der Waals surface area contributed by atoms with Gasteiger partial charge in [-0.1, -0.05) is 35.9 Å². The zero-order chi connectivity index (χ0) is 24.7. The Bertz CT molecular complexity index is 1580. The van der Waals surface area contributed by atoms with Gasteiger partial charge in [0.15, 0.2) is 0 Å². The highest BCUT2D eigenvalue weighted by molar-refractivity contribution is 6.30. The molecule has 0 unspecified atom stereocenters. The summed E-state index contributed by atoms with van der Waals surface area (Å²) in [4.78, 5) is 24.7. The lowest BCUT2D eigenvalue weighted by atomic mass is 10.0. The van der Waals surface area contributed by atoms with E-state index < -0.39 is 5.97 Å². The van der Waals surface area contributed by atoms with Gasteiger partial charge in [0.25, 0.3) is 5.91 Å². The second-order valence-electron chi connectivity index (χ2n) is 8.62. The van der Waals surface area contributed by atoms with Crippen molar-refractivity contribution in [3.05, 3.63) is 100 Å². The molecule has 0 fully saturated rings. The molecular formula is C27H23ClN4O3. The van der Waals surface area contributed by atoms with Crippen molar-refractivity contribution in [2.24, 2.45) is 7.05 Å². The largest absolute Gasteiger partial charge is 0.478 e. The maximum absolute atomic E-state index is 13.6. The van der Waals surface area contributed by atoms with Crippen molar-refractivity contribution in [1.82, 2.24) is 19.7 Å². The molecule has 176 valence electrons. The highest BCUT2D eigenvalue weighted by atomic mass is 35.5. The van der Waals surface area contributed by atoms with Gasteiger partial charge >= 0.3 is 5.97 Å². The van der Waals surface area contributed by atoms with Crippen LogP contribution in [0.5, 0.6) is 0 Å². The van der Waals surface area contributed by atoms with E-state index in [4.69, 9.17) is 16.7 Å². The number of fused-ring (bicyclic) bond motifs is 3. The van der Waals surface area contributed by atoms with Crippen LogP contribution in [0.25, 0.3) is 21.8 Å². The topological polar surface area (TPSA) is 89.2 Å². The Hall–Kier alpha value is -4.10. The predicted octanol–water partition coefficient (Wildman–Crippen LogP) is 5.42. The number of carboxylic acid groups (broad SMARTS) is 1. The van der Waals surface area contributed by atoms with Gasteiger partial charge in [-0.2, -0.15) is 5.10 Å². The number of aromatic nitrogens is 3. The molecule has 0 bridgehead atoms. The number of aromatic carboxylic acids is 1. The Kier molecular flexibility index (Phi) is 5.78. The third-order valence-electron chi connectivity index (χ3n) is 6.14. The summed E-state index contributed by atoms with van der Waals surface area (Å²) in [6.07, 6.45) is 3.93. The summed E-state index contributed by atoms with van der Waals surface area (Å²) in [7, 11) is 1.86. The van der Waals surface area contributed by atoms with E-state index in [-0.39, 0.29) is 17.5 Å². The molecule has 5 aromatic rings. The second kappa shape index (κ2) is 8.92. The second-order valence-corrected chi connectivity index (χ2v) is 9.05. The maximum Gasteiger partial charge on any atom is 0.335 e. The molecule has 0 saturated carbocycles. The van der Waals surface area contributed by atoms with Crippen molar-refractivity contribution in [2.45, 2.75) is 19.5 Å². The lowest BCUT2D eigenvalue weighted by Crippen LogP contribution is -2.27. The summed E-state index contributed by atoms with van der Waals surface area (Å²) in [6, 6.07) is 17.7. The number of carbonyl (C=O) groups is 2. The number of rotatable bonds is 6. The molecule has 0 aliphatic carbocycles. The molecule has 0 aliphatic rings. The quantitative estimate of drug-likeness (QED) is 0.335. The Morgan fingerprint density at radius 3 is 2.57 bits per heavy atom. The standard InChI is InChI=1S/C27H23ClN4O3/c1-16(18-6-8-19(9-7-18)27(34)35)29-26(33)22-13-24-23(15-31(2)30-24)21-10-11-32(25(21)22)14-17-4-3-5-20(28)12-17/h3-13,15-16H,14H2,1-2H3,(H,29,33)(H,34,35)/t16-/m0/s1. The minimum Gasteiger partial charge on any atom is -0.478 e. The first-order valence-corrected chi connectivity index (χ1v) is 11.5. The lowest BCUT2D eigenvalue weighted by Gasteiger charge is -2.16. The molecule has 2 aromatic heterocycles. The van der Waals surface area contributed by atoms with Gasteiger partial charge in [-0.3, -0.25) is 9.48 Å². The number of aryl methyl sites for hydroxylation is 1. The fourth-order valence-corrected chi connectivity index (χ4v) is 4.64. The van der Waals surface area contributed by atoms with Crippen LogP contribution in [0.3, 0.4) is 0 Å². The van der Waals surface area contributed by atoms with E-state index in [9.17, 15) is 9.59 Å². The van der Waals surface area contributed by atoms with Crippen LogP contribution in [0.4, 0.5) is 0 Å². The molecule has 1 amide bonds. The Morgan fingerprint density at radius 1 is 1.09 bits per heavy atom. The summed E-state index contributed by atoms with van der Waals surface area (Å²) >= 11 is 6.19. The normalized spacial score (nSPS) is 12.2. The van der Waals surface area contributed by atoms with Crippen molar-refractivity contribution < 1.29 is 14.7 Å². The van der Waals surface area contributed by atoms with Gasteiger partial charge in [-0.05, 0) is 54.4 Å². The van der Waals surface area contributed by atoms with Crippen molar-refractivity contribution in [3.8, 4) is 0 Å². The number of hydrogen-bond acceptors (Lipinski definition) is 3. The van der Waals surface area contributed by atoms with Crippen molar-refractivity contribution >= 4 is 45.3 Å². The SMILES string of the molecule is C[C@H](NC(=O)c1cc2nn(C)cc2c2ccn(Cc3cccc(Cl)c3)c12)c1ccc(C(=O)O)cc1. The fraction of sp³-hybridized carbons (Fsp3) is 0.148. The summed E-state index contributed by atoms with van der Waals surface area (Å²) < 4.78 is 3.79. The smallest absolute Gasteiger partial charge is 0.335 e. The van der Waals surface area contributed by atoms with Crippen LogP contribution in [-0.4, -0.2) is 31.3 Å². The minimum atomic E-state index is -0.986. The van der Waals surface area contributed by atoms with Gasteiger partial charge < -0.3 is 15.0 Å². The predicted molar refractivity (Wildman–Crippen MR) is 136 cm³/mol. The summed E-state index contributed by atoms with van der Waals surface area (Å²) in [6.45, 7) is 2.43. The highest BCUT2D eigenvalue weighted by Crippen LogP contribution is 2.30. The average Bonchev–Trinajstić information content (AvgIpc) is 3.41. The zero-order valence-electron chi connectivity index (χ0n) is 19.2. The number of halogens is 1. The minimum absolute atomic E-state index is 0.202. The molecule has 0 aliphatic heterocycles. The van der Waals surface area contributed by atoms with Gasteiger partial charge in [-0.25, -0.2) is 4.79 Å². The Labute approximate surface area is 206 Å². The third-order valence-corrected chi connectivity index (χ3v) is 6.37. The number of nitrogens with zero attached hydrogens (tertiary/aromatic N) is 3. The van der Waals surface area contributed by atoms with Crippen LogP contribution in [0, 0.1) is 0 Å². The monoisotopic (exact) mass is 486 g/mol. The van der Waals surface area contributed by atoms with Crippen molar-refractivity contribution in [1.29, 1.82) is 0 Å². The Balaban J connectivity index is 1.54. The summed E-state index contributed by atoms with van der Waals surface area (Å²) in [5.41, 5.74) is 4.12. The molecule has 5 rings (SSSR count). The molecule has 8 heteroatoms.